The molecule has 0 unspecified atom stereocenters. The van der Waals surface area contributed by atoms with E-state index in [4.69, 9.17) is 5.73 Å². The number of amides is 2. The van der Waals surface area contributed by atoms with Crippen LogP contribution in [0.1, 0.15) is 50.0 Å². The highest BCUT2D eigenvalue weighted by atomic mass is 16.2. The van der Waals surface area contributed by atoms with Gasteiger partial charge in [-0.25, -0.2) is 0 Å². The molecular weight excluding hydrogens is 314 g/mol. The van der Waals surface area contributed by atoms with E-state index in [0.717, 1.165) is 57.4 Å². The van der Waals surface area contributed by atoms with E-state index < -0.39 is 0 Å². The Bertz CT molecular complexity index is 675. The van der Waals surface area contributed by atoms with Crippen LogP contribution in [-0.4, -0.2) is 42.4 Å². The van der Waals surface area contributed by atoms with Crippen molar-refractivity contribution in [3.63, 3.8) is 0 Å². The predicted octanol–water partition coefficient (Wildman–Crippen LogP) is 2.26. The highest BCUT2D eigenvalue weighted by Crippen LogP contribution is 2.40. The smallest absolute Gasteiger partial charge is 0.231 e. The second-order valence-corrected chi connectivity index (χ2v) is 7.68. The van der Waals surface area contributed by atoms with Gasteiger partial charge in [-0.1, -0.05) is 24.6 Å². The summed E-state index contributed by atoms with van der Waals surface area (Å²) in [5, 5.41) is 0. The number of para-hydroxylation sites is 1. The van der Waals surface area contributed by atoms with E-state index in [0.29, 0.717) is 12.3 Å². The highest BCUT2D eigenvalue weighted by Gasteiger charge is 2.39. The highest BCUT2D eigenvalue weighted by molar-refractivity contribution is 5.98. The van der Waals surface area contributed by atoms with Gasteiger partial charge in [0.25, 0.3) is 0 Å². The van der Waals surface area contributed by atoms with Crippen molar-refractivity contribution in [2.24, 2.45) is 11.7 Å². The average molecular weight is 341 g/mol. The number of carbonyl (C=O) groups is 2. The first-order valence-corrected chi connectivity index (χ1v) is 9.59. The average Bonchev–Trinajstić information content (AvgIpc) is 3.31. The Morgan fingerprint density at radius 3 is 2.76 bits per heavy atom. The van der Waals surface area contributed by atoms with Gasteiger partial charge in [0.05, 0.1) is 5.92 Å². The minimum atomic E-state index is -0.0352. The molecule has 1 aromatic rings. The maximum absolute atomic E-state index is 13.1. The minimum absolute atomic E-state index is 0.000865. The molecule has 2 heterocycles. The van der Waals surface area contributed by atoms with Gasteiger partial charge in [-0.15, -0.1) is 0 Å². The van der Waals surface area contributed by atoms with Gasteiger partial charge in [-0.2, -0.15) is 0 Å². The van der Waals surface area contributed by atoms with Crippen LogP contribution in [0.25, 0.3) is 0 Å². The number of likely N-dealkylation sites (tertiary alicyclic amines) is 1. The number of anilines is 1. The summed E-state index contributed by atoms with van der Waals surface area (Å²) in [5.41, 5.74) is 8.46. The maximum Gasteiger partial charge on any atom is 0.231 e. The monoisotopic (exact) mass is 341 g/mol. The number of rotatable bonds is 4. The van der Waals surface area contributed by atoms with E-state index in [1.54, 1.807) is 0 Å². The van der Waals surface area contributed by atoms with Gasteiger partial charge in [-0.05, 0) is 37.3 Å². The molecule has 1 saturated heterocycles. The molecule has 25 heavy (non-hydrogen) atoms. The lowest BCUT2D eigenvalue weighted by Crippen LogP contribution is -2.41. The summed E-state index contributed by atoms with van der Waals surface area (Å²) in [6.45, 7) is 2.40. The number of nitrogens with zero attached hydrogens (tertiary/aromatic N) is 2. The summed E-state index contributed by atoms with van der Waals surface area (Å²) in [5.74, 6) is 0.742. The Balaban J connectivity index is 1.49. The van der Waals surface area contributed by atoms with Crippen LogP contribution in [0.3, 0.4) is 0 Å². The van der Waals surface area contributed by atoms with Crippen molar-refractivity contribution < 1.29 is 9.59 Å². The van der Waals surface area contributed by atoms with Crippen molar-refractivity contribution in [2.45, 2.75) is 50.5 Å². The number of hydrogen-bond acceptors (Lipinski definition) is 3. The van der Waals surface area contributed by atoms with E-state index in [1.807, 2.05) is 21.9 Å². The zero-order valence-electron chi connectivity index (χ0n) is 14.7. The summed E-state index contributed by atoms with van der Waals surface area (Å²) < 4.78 is 0. The van der Waals surface area contributed by atoms with Gasteiger partial charge < -0.3 is 15.5 Å². The Kier molecular flexibility index (Phi) is 4.50. The third-order valence-electron chi connectivity index (χ3n) is 6.14. The molecule has 0 spiro atoms. The Morgan fingerprint density at radius 2 is 2.04 bits per heavy atom. The van der Waals surface area contributed by atoms with Crippen molar-refractivity contribution in [3.05, 3.63) is 29.8 Å². The molecule has 5 nitrogen and oxygen atoms in total. The van der Waals surface area contributed by atoms with E-state index >= 15 is 0 Å². The lowest BCUT2D eigenvalue weighted by molar-refractivity contribution is -0.128. The number of fused-ring (bicyclic) bond motifs is 1. The van der Waals surface area contributed by atoms with Crippen molar-refractivity contribution in [3.8, 4) is 0 Å². The van der Waals surface area contributed by atoms with Crippen molar-refractivity contribution >= 4 is 17.5 Å². The molecule has 3 aliphatic rings. The molecule has 5 heteroatoms. The summed E-state index contributed by atoms with van der Waals surface area (Å²) in [6.07, 6.45) is 5.49. The first kappa shape index (κ1) is 16.6. The third-order valence-corrected chi connectivity index (χ3v) is 6.14. The molecular formula is C20H27N3O2. The van der Waals surface area contributed by atoms with Gasteiger partial charge >= 0.3 is 0 Å². The molecule has 4 rings (SSSR count). The van der Waals surface area contributed by atoms with E-state index in [-0.39, 0.29) is 23.8 Å². The van der Waals surface area contributed by atoms with Gasteiger partial charge in [0.15, 0.2) is 0 Å². The molecule has 3 atom stereocenters. The van der Waals surface area contributed by atoms with Crippen LogP contribution in [0.2, 0.25) is 0 Å². The molecule has 0 radical (unpaired) electrons. The lowest BCUT2D eigenvalue weighted by atomic mass is 9.98. The van der Waals surface area contributed by atoms with Crippen LogP contribution in [0.15, 0.2) is 24.3 Å². The molecule has 1 aromatic carbocycles. The number of carbonyl (C=O) groups excluding carboxylic acids is 2. The zero-order valence-corrected chi connectivity index (χ0v) is 14.7. The van der Waals surface area contributed by atoms with Crippen molar-refractivity contribution in [1.82, 2.24) is 4.90 Å². The zero-order chi connectivity index (χ0) is 17.4. The molecule has 134 valence electrons. The maximum atomic E-state index is 13.1. The molecule has 1 aliphatic carbocycles. The van der Waals surface area contributed by atoms with Gasteiger partial charge in [0.2, 0.25) is 11.8 Å². The van der Waals surface area contributed by atoms with Crippen LogP contribution in [0.5, 0.6) is 0 Å². The largest absolute Gasteiger partial charge is 0.343 e. The fourth-order valence-electron chi connectivity index (χ4n) is 4.70. The normalized spacial score (nSPS) is 28.7. The Morgan fingerprint density at radius 1 is 1.20 bits per heavy atom. The number of benzene rings is 1. The fourth-order valence-corrected chi connectivity index (χ4v) is 4.70. The van der Waals surface area contributed by atoms with Crippen LogP contribution < -0.4 is 10.6 Å². The van der Waals surface area contributed by atoms with Gasteiger partial charge in [0, 0.05) is 43.7 Å². The molecule has 0 aromatic heterocycles. The molecule has 2 amide bonds. The molecule has 0 bridgehead atoms. The first-order valence-electron chi connectivity index (χ1n) is 9.59. The summed E-state index contributed by atoms with van der Waals surface area (Å²) in [7, 11) is 0. The molecule has 1 saturated carbocycles. The van der Waals surface area contributed by atoms with Crippen LogP contribution in [0.4, 0.5) is 5.69 Å². The Hall–Kier alpha value is -1.88. The fraction of sp³-hybridized carbons (Fsp3) is 0.600. The van der Waals surface area contributed by atoms with Crippen molar-refractivity contribution in [2.75, 3.05) is 24.5 Å². The number of hydrogen-bond donors (Lipinski definition) is 1. The Labute approximate surface area is 149 Å². The van der Waals surface area contributed by atoms with E-state index in [2.05, 4.69) is 12.1 Å². The summed E-state index contributed by atoms with van der Waals surface area (Å²) >= 11 is 0. The van der Waals surface area contributed by atoms with Crippen LogP contribution in [0, 0.1) is 5.92 Å². The third kappa shape index (κ3) is 3.06. The quantitative estimate of drug-likeness (QED) is 0.913. The van der Waals surface area contributed by atoms with Gasteiger partial charge in [-0.3, -0.25) is 9.59 Å². The van der Waals surface area contributed by atoms with E-state index in [1.165, 1.54) is 5.56 Å². The second kappa shape index (κ2) is 6.79. The summed E-state index contributed by atoms with van der Waals surface area (Å²) in [6, 6.07) is 8.23. The van der Waals surface area contributed by atoms with Crippen molar-refractivity contribution in [1.29, 1.82) is 0 Å². The van der Waals surface area contributed by atoms with Gasteiger partial charge in [0.1, 0.15) is 0 Å². The SMILES string of the molecule is N[C@@H]1CCC[C@@H]1C(=O)N1C[C@H](CCN2CCCC2=O)c2ccccc21. The summed E-state index contributed by atoms with van der Waals surface area (Å²) in [4.78, 5) is 28.8. The predicted molar refractivity (Wildman–Crippen MR) is 97.3 cm³/mol. The first-order chi connectivity index (χ1) is 12.1. The standard InChI is InChI=1S/C20H27N3O2/c21-17-7-3-6-16(17)20(25)23-13-14(15-5-1-2-8-18(15)23)10-12-22-11-4-9-19(22)24/h1-2,5,8,14,16-17H,3-4,6-7,9-13,21H2/t14-,16-,17+/m0/s1. The molecule has 2 fully saturated rings. The van der Waals surface area contributed by atoms with Crippen LogP contribution in [-0.2, 0) is 9.59 Å². The number of nitrogens with two attached hydrogens (primary N) is 1. The lowest BCUT2D eigenvalue weighted by Gasteiger charge is -2.24. The molecule has 2 aliphatic heterocycles. The van der Waals surface area contributed by atoms with Crippen LogP contribution >= 0.6 is 0 Å². The molecule has 2 N–H and O–H groups in total. The minimum Gasteiger partial charge on any atom is -0.343 e. The second-order valence-electron chi connectivity index (χ2n) is 7.68. The van der Waals surface area contributed by atoms with E-state index in [9.17, 15) is 9.59 Å². The topological polar surface area (TPSA) is 66.6 Å².